The molecule has 2 aliphatic heterocycles. The molecule has 2 aliphatic rings. The topological polar surface area (TPSA) is 254 Å². The van der Waals surface area contributed by atoms with Gasteiger partial charge in [-0.25, -0.2) is 9.13 Å². The van der Waals surface area contributed by atoms with Gasteiger partial charge in [0.25, 0.3) is 0 Å². The molecule has 0 saturated carbocycles. The highest BCUT2D eigenvalue weighted by Gasteiger charge is 2.54. The molecule has 26 heteroatoms. The zero-order chi connectivity index (χ0) is 92.3. The molecule has 2 heterocycles. The first-order valence-corrected chi connectivity index (χ1v) is 48.7. The van der Waals surface area contributed by atoms with E-state index in [4.69, 9.17) is 104 Å². The second kappa shape index (κ2) is 55.0. The maximum absolute atomic E-state index is 17.0. The van der Waals surface area contributed by atoms with Gasteiger partial charge < -0.3 is 76.8 Å². The molecule has 0 bridgehead atoms. The zero-order valence-electron chi connectivity index (χ0n) is 75.9. The molecule has 16 atom stereocenters. The molecule has 12 aromatic rings. The van der Waals surface area contributed by atoms with E-state index in [2.05, 4.69) is 30.3 Å². The number of nitrogens with two attached hydrogens (primary N) is 1. The summed E-state index contributed by atoms with van der Waals surface area (Å²) in [7, 11) is -6.52. The van der Waals surface area contributed by atoms with Gasteiger partial charge in [-0.3, -0.25) is 27.1 Å². The van der Waals surface area contributed by atoms with E-state index in [-0.39, 0.29) is 112 Å². The summed E-state index contributed by atoms with van der Waals surface area (Å²) < 4.78 is 176. The summed E-state index contributed by atoms with van der Waals surface area (Å²) in [5.74, 6) is 0. The molecule has 0 radical (unpaired) electrons. The average molecular weight is 1870 g/mol. The van der Waals surface area contributed by atoms with Gasteiger partial charge in [0.2, 0.25) is 0 Å². The molecule has 14 rings (SSSR count). The lowest BCUT2D eigenvalue weighted by Gasteiger charge is -2.35. The van der Waals surface area contributed by atoms with Crippen molar-refractivity contribution >= 4 is 26.4 Å². The molecule has 16 unspecified atom stereocenters. The zero-order valence-corrected chi connectivity index (χ0v) is 77.7. The van der Waals surface area contributed by atoms with Gasteiger partial charge in [0, 0.05) is 14.2 Å². The van der Waals surface area contributed by atoms with E-state index >= 15 is 9.13 Å². The van der Waals surface area contributed by atoms with Crippen molar-refractivity contribution in [2.24, 2.45) is 5.73 Å². The van der Waals surface area contributed by atoms with Crippen LogP contribution in [0, 0.1) is 0 Å². The summed E-state index contributed by atoms with van der Waals surface area (Å²) in [5, 5.41) is 2.21. The Bertz CT molecular complexity index is 5320. The second-order valence-corrected chi connectivity index (χ2v) is 36.0. The molecule has 24 nitrogen and oxygen atoms in total. The highest BCUT2D eigenvalue weighted by atomic mass is 31.2. The van der Waals surface area contributed by atoms with E-state index in [0.29, 0.717) is 24.9 Å². The number of rotatable bonds is 61. The van der Waals surface area contributed by atoms with Crippen LogP contribution in [0.15, 0.2) is 346 Å². The molecule has 2 fully saturated rings. The molecule has 0 amide bonds. The Kier molecular flexibility index (Phi) is 41.2. The maximum Gasteiger partial charge on any atom is 0.475 e. The molecule has 2 N–H and O–H groups in total. The largest absolute Gasteiger partial charge is 0.475 e. The first-order chi connectivity index (χ1) is 66.0. The third-order valence-electron chi connectivity index (χ3n) is 22.8. The highest BCUT2D eigenvalue weighted by molar-refractivity contribution is 7.48. The second-order valence-electron chi connectivity index (χ2n) is 32.7. The van der Waals surface area contributed by atoms with E-state index in [9.17, 15) is 0 Å². The predicted octanol–water partition coefficient (Wildman–Crippen LogP) is 20.4. The Morgan fingerprint density at radius 3 is 0.948 bits per heavy atom. The SMILES string of the molecule is COC1C(OCC(OCc2ccccc2)C(OCc2ccccc2)C(COP(=O)(OCc2ccccc2)OC2C(COCc3ccccc3)OC(OCC(OCc3ccccc3)C(OCc3ccccc3)C(COCc3ccc4ccccc4c3)OCc3ccccc3)C2OC)OCc2ccccc2)OC(COCc2ccccc2)C1OP(=O)(OCCCCCN)OCc1ccccc1. The molecular weight excluding hydrogens is 1740 g/mol. The molecule has 0 aliphatic carbocycles. The summed E-state index contributed by atoms with van der Waals surface area (Å²) in [6.45, 7) is 0.149. The van der Waals surface area contributed by atoms with Crippen molar-refractivity contribution in [1.82, 2.24) is 0 Å². The molecule has 12 aromatic carbocycles. The van der Waals surface area contributed by atoms with Gasteiger partial charge in [-0.05, 0) is 104 Å². The van der Waals surface area contributed by atoms with Crippen LogP contribution in [-0.2, 0) is 180 Å². The van der Waals surface area contributed by atoms with E-state index in [1.54, 1.807) is 0 Å². The van der Waals surface area contributed by atoms with Crippen LogP contribution >= 0.6 is 15.6 Å². The number of benzene rings is 12. The van der Waals surface area contributed by atoms with Crippen LogP contribution in [0.2, 0.25) is 0 Å². The number of unbranched alkanes of at least 4 members (excludes halogenated alkanes) is 2. The molecule has 708 valence electrons. The Balaban J connectivity index is 0.797. The van der Waals surface area contributed by atoms with Crippen molar-refractivity contribution in [1.29, 1.82) is 0 Å². The monoisotopic (exact) mass is 1860 g/mol. The number of hydrogen-bond acceptors (Lipinski definition) is 24. The minimum atomic E-state index is -5.03. The van der Waals surface area contributed by atoms with Crippen LogP contribution in [0.25, 0.3) is 10.8 Å². The number of phosphoric ester groups is 2. The number of fused-ring (bicyclic) bond motifs is 1. The summed E-state index contributed by atoms with van der Waals surface area (Å²) in [4.78, 5) is 0. The third kappa shape index (κ3) is 32.3. The average Bonchev–Trinajstić information content (AvgIpc) is 1.64. The van der Waals surface area contributed by atoms with Gasteiger partial charge in [0.05, 0.1) is 119 Å². The minimum Gasteiger partial charge on any atom is -0.374 e. The Hall–Kier alpha value is -9.52. The van der Waals surface area contributed by atoms with Gasteiger partial charge in [-0.15, -0.1) is 0 Å². The standard InChI is InChI=1S/C108H123NO23P2/c1-112-105-103(131-133(110,125-63-37-13-36-62-109)126-74-90-54-30-11-31-55-90)99(77-114-65-82-38-14-3-15-39-82)129-107(105)124-80-97(119-70-86-46-22-7-23-47-86)102(122-73-89-52-28-10-29-53-89)98(120-71-87-48-24-8-25-49-87)81-128-134(111,127-75-91-56-32-12-33-57-91)132-104-100(78-115-66-83-40-16-4-17-41-83)130-108(106(104)113-2)123-79-96(118-69-85-44-20-6-21-45-85)101(121-72-88-50-26-9-27-51-88)95(117-68-84-42-18-5-19-43-84)76-116-67-92-60-61-93-58-34-35-59-94(93)64-92/h3-12,14-35,38-61,64,95-108H,13,36-37,62-63,65-81,109H2,1-2H3. The van der Waals surface area contributed by atoms with E-state index in [1.165, 1.54) is 14.2 Å². The first kappa shape index (κ1) is 100. The molecule has 2 saturated heterocycles. The van der Waals surface area contributed by atoms with Crippen LogP contribution in [0.1, 0.15) is 80.5 Å². The summed E-state index contributed by atoms with van der Waals surface area (Å²) >= 11 is 0. The van der Waals surface area contributed by atoms with Crippen molar-refractivity contribution in [2.75, 3.05) is 67.0 Å². The van der Waals surface area contributed by atoms with Crippen LogP contribution in [0.4, 0.5) is 0 Å². The Morgan fingerprint density at radius 2 is 0.590 bits per heavy atom. The number of hydrogen-bond donors (Lipinski definition) is 1. The summed E-state index contributed by atoms with van der Waals surface area (Å²) in [5.41, 5.74) is 15.2. The van der Waals surface area contributed by atoms with Crippen molar-refractivity contribution < 1.29 is 107 Å². The van der Waals surface area contributed by atoms with Crippen molar-refractivity contribution in [3.63, 3.8) is 0 Å². The van der Waals surface area contributed by atoms with Gasteiger partial charge in [0.1, 0.15) is 73.2 Å². The smallest absolute Gasteiger partial charge is 0.374 e. The first-order valence-electron chi connectivity index (χ1n) is 45.7. The van der Waals surface area contributed by atoms with Gasteiger partial charge >= 0.3 is 15.6 Å². The fourth-order valence-electron chi connectivity index (χ4n) is 15.6. The third-order valence-corrected chi connectivity index (χ3v) is 25.7. The highest BCUT2D eigenvalue weighted by Crippen LogP contribution is 2.56. The number of phosphoric acid groups is 2. The van der Waals surface area contributed by atoms with Gasteiger partial charge in [0.15, 0.2) is 12.6 Å². The lowest BCUT2D eigenvalue weighted by atomic mass is 10.1. The molecule has 0 aromatic heterocycles. The predicted molar refractivity (Wildman–Crippen MR) is 509 cm³/mol. The molecule has 134 heavy (non-hydrogen) atoms. The van der Waals surface area contributed by atoms with E-state index < -0.39 is 108 Å². The molecular formula is C108H123NO23P2. The van der Waals surface area contributed by atoms with Crippen molar-refractivity contribution in [3.05, 3.63) is 407 Å². The van der Waals surface area contributed by atoms with Crippen LogP contribution < -0.4 is 5.73 Å². The van der Waals surface area contributed by atoms with Crippen LogP contribution in [0.5, 0.6) is 0 Å². The number of ether oxygens (including phenoxy) is 15. The van der Waals surface area contributed by atoms with Crippen molar-refractivity contribution in [3.8, 4) is 0 Å². The summed E-state index contributed by atoms with van der Waals surface area (Å²) in [6, 6.07) is 111. The van der Waals surface area contributed by atoms with Crippen LogP contribution in [0.3, 0.4) is 0 Å². The minimum absolute atomic E-state index is 0.00266. The lowest BCUT2D eigenvalue weighted by molar-refractivity contribution is -0.221. The number of methoxy groups -OCH3 is 2. The molecule has 0 spiro atoms. The fraction of sp³-hybridized carbons (Fsp3) is 0.352. The Morgan fingerprint density at radius 1 is 0.284 bits per heavy atom. The van der Waals surface area contributed by atoms with Gasteiger partial charge in [-0.2, -0.15) is 0 Å². The fourth-order valence-corrected chi connectivity index (χ4v) is 18.4. The van der Waals surface area contributed by atoms with Gasteiger partial charge in [-0.1, -0.05) is 340 Å². The quantitative estimate of drug-likeness (QED) is 0.0274. The normalized spacial score (nSPS) is 19.6. The Labute approximate surface area is 786 Å². The van der Waals surface area contributed by atoms with E-state index in [1.807, 2.05) is 315 Å². The van der Waals surface area contributed by atoms with Crippen molar-refractivity contribution in [2.45, 2.75) is 178 Å². The maximum atomic E-state index is 17.0. The van der Waals surface area contributed by atoms with Crippen LogP contribution in [-0.4, -0.2) is 153 Å². The lowest BCUT2D eigenvalue weighted by Crippen LogP contribution is -2.48. The van der Waals surface area contributed by atoms with E-state index in [0.717, 1.165) is 72.8 Å². The summed E-state index contributed by atoms with van der Waals surface area (Å²) in [6.07, 6.45) is -13.6.